The second-order valence-corrected chi connectivity index (χ2v) is 6.62. The molecule has 1 saturated heterocycles. The fourth-order valence-electron chi connectivity index (χ4n) is 3.31. The lowest BCUT2D eigenvalue weighted by molar-refractivity contribution is -0.129. The van der Waals surface area contributed by atoms with Gasteiger partial charge in [0.1, 0.15) is 11.6 Å². The second-order valence-electron chi connectivity index (χ2n) is 6.62. The number of hydrogen-bond acceptors (Lipinski definition) is 3. The minimum Gasteiger partial charge on any atom is -0.496 e. The Labute approximate surface area is 158 Å². The van der Waals surface area contributed by atoms with Gasteiger partial charge in [-0.2, -0.15) is 0 Å². The molecular formula is C21H23FN2O3. The predicted molar refractivity (Wildman–Crippen MR) is 99.6 cm³/mol. The van der Waals surface area contributed by atoms with E-state index in [1.165, 1.54) is 6.07 Å². The zero-order chi connectivity index (χ0) is 19.2. The van der Waals surface area contributed by atoms with Crippen LogP contribution < -0.4 is 10.1 Å². The normalized spacial score (nSPS) is 16.4. The molecule has 1 unspecified atom stereocenters. The molecule has 0 aliphatic carbocycles. The van der Waals surface area contributed by atoms with E-state index in [4.69, 9.17) is 4.74 Å². The van der Waals surface area contributed by atoms with Gasteiger partial charge in [-0.3, -0.25) is 9.59 Å². The lowest BCUT2D eigenvalue weighted by atomic mass is 10.1. The van der Waals surface area contributed by atoms with E-state index >= 15 is 0 Å². The van der Waals surface area contributed by atoms with Crippen LogP contribution in [0.15, 0.2) is 48.5 Å². The molecule has 142 valence electrons. The summed E-state index contributed by atoms with van der Waals surface area (Å²) < 4.78 is 18.9. The Morgan fingerprint density at radius 1 is 1.19 bits per heavy atom. The summed E-state index contributed by atoms with van der Waals surface area (Å²) in [5.41, 5.74) is 1.48. The summed E-state index contributed by atoms with van der Waals surface area (Å²) in [7, 11) is 1.59. The van der Waals surface area contributed by atoms with Gasteiger partial charge in [0.15, 0.2) is 0 Å². The molecule has 2 aromatic carbocycles. The van der Waals surface area contributed by atoms with E-state index in [2.05, 4.69) is 5.32 Å². The Balaban J connectivity index is 1.52. The molecule has 1 fully saturated rings. The van der Waals surface area contributed by atoms with Crippen LogP contribution in [0.5, 0.6) is 5.75 Å². The van der Waals surface area contributed by atoms with Gasteiger partial charge < -0.3 is 15.0 Å². The molecule has 1 aliphatic rings. The summed E-state index contributed by atoms with van der Waals surface area (Å²) in [5, 5.41) is 2.82. The van der Waals surface area contributed by atoms with Crippen LogP contribution >= 0.6 is 0 Å². The summed E-state index contributed by atoms with van der Waals surface area (Å²) in [6.07, 6.45) is 0.616. The van der Waals surface area contributed by atoms with Crippen LogP contribution in [0.4, 0.5) is 4.39 Å². The van der Waals surface area contributed by atoms with Crippen molar-refractivity contribution in [3.8, 4) is 5.75 Å². The predicted octanol–water partition coefficient (Wildman–Crippen LogP) is 2.54. The number of methoxy groups -OCH3 is 1. The van der Waals surface area contributed by atoms with Crippen molar-refractivity contribution in [1.29, 1.82) is 0 Å². The van der Waals surface area contributed by atoms with E-state index in [9.17, 15) is 14.0 Å². The summed E-state index contributed by atoms with van der Waals surface area (Å²) in [5.74, 6) is -0.140. The molecule has 0 spiro atoms. The number of halogens is 1. The molecule has 1 heterocycles. The first-order valence-electron chi connectivity index (χ1n) is 8.99. The number of para-hydroxylation sites is 1. The van der Waals surface area contributed by atoms with Crippen LogP contribution in [-0.2, 0) is 22.6 Å². The summed E-state index contributed by atoms with van der Waals surface area (Å²) in [6.45, 7) is 1.14. The SMILES string of the molecule is COc1ccccc1CN1CC(C(=O)NCCc2ccccc2F)CC1=O. The maximum atomic E-state index is 13.6. The van der Waals surface area contributed by atoms with Crippen LogP contribution in [0, 0.1) is 11.7 Å². The molecule has 0 bridgehead atoms. The molecule has 5 nitrogen and oxygen atoms in total. The fraction of sp³-hybridized carbons (Fsp3) is 0.333. The summed E-state index contributed by atoms with van der Waals surface area (Å²) in [4.78, 5) is 26.3. The number of nitrogens with zero attached hydrogens (tertiary/aromatic N) is 1. The molecule has 1 atom stereocenters. The van der Waals surface area contributed by atoms with Gasteiger partial charge in [0.05, 0.1) is 13.0 Å². The number of amides is 2. The minimum atomic E-state index is -0.382. The van der Waals surface area contributed by atoms with E-state index in [0.29, 0.717) is 31.6 Å². The average molecular weight is 370 g/mol. The van der Waals surface area contributed by atoms with Gasteiger partial charge in [0, 0.05) is 31.6 Å². The molecule has 0 aromatic heterocycles. The van der Waals surface area contributed by atoms with Gasteiger partial charge in [-0.1, -0.05) is 36.4 Å². The number of ether oxygens (including phenoxy) is 1. The Morgan fingerprint density at radius 3 is 2.63 bits per heavy atom. The monoisotopic (exact) mass is 370 g/mol. The largest absolute Gasteiger partial charge is 0.496 e. The first-order valence-corrected chi connectivity index (χ1v) is 8.99. The van der Waals surface area contributed by atoms with Crippen molar-refractivity contribution in [2.24, 2.45) is 5.92 Å². The number of carbonyl (C=O) groups excluding carboxylic acids is 2. The van der Waals surface area contributed by atoms with Crippen LogP contribution in [0.2, 0.25) is 0 Å². The average Bonchev–Trinajstić information content (AvgIpc) is 3.04. The number of carbonyl (C=O) groups is 2. The number of rotatable bonds is 7. The third-order valence-corrected chi connectivity index (χ3v) is 4.79. The van der Waals surface area contributed by atoms with E-state index in [1.54, 1.807) is 30.2 Å². The second kappa shape index (κ2) is 8.66. The fourth-order valence-corrected chi connectivity index (χ4v) is 3.31. The van der Waals surface area contributed by atoms with Crippen LogP contribution in [0.1, 0.15) is 17.5 Å². The maximum Gasteiger partial charge on any atom is 0.225 e. The van der Waals surface area contributed by atoms with Crippen molar-refractivity contribution in [2.75, 3.05) is 20.2 Å². The Bertz CT molecular complexity index is 825. The van der Waals surface area contributed by atoms with Crippen LogP contribution in [0.3, 0.4) is 0 Å². The van der Waals surface area contributed by atoms with Gasteiger partial charge in [0.2, 0.25) is 11.8 Å². The molecule has 2 amide bonds. The number of nitrogens with one attached hydrogen (secondary N) is 1. The maximum absolute atomic E-state index is 13.6. The van der Waals surface area contributed by atoms with E-state index in [-0.39, 0.29) is 30.0 Å². The molecule has 0 radical (unpaired) electrons. The Kier molecular flexibility index (Phi) is 6.06. The highest BCUT2D eigenvalue weighted by Gasteiger charge is 2.34. The van der Waals surface area contributed by atoms with Gasteiger partial charge in [-0.15, -0.1) is 0 Å². The molecule has 6 heteroatoms. The molecule has 1 N–H and O–H groups in total. The van der Waals surface area contributed by atoms with E-state index in [0.717, 1.165) is 11.3 Å². The Morgan fingerprint density at radius 2 is 1.89 bits per heavy atom. The van der Waals surface area contributed by atoms with Crippen LogP contribution in [-0.4, -0.2) is 36.9 Å². The number of hydrogen-bond donors (Lipinski definition) is 1. The number of benzene rings is 2. The lowest BCUT2D eigenvalue weighted by Gasteiger charge is -2.18. The van der Waals surface area contributed by atoms with Crippen molar-refractivity contribution >= 4 is 11.8 Å². The quantitative estimate of drug-likeness (QED) is 0.815. The third-order valence-electron chi connectivity index (χ3n) is 4.79. The topological polar surface area (TPSA) is 58.6 Å². The van der Waals surface area contributed by atoms with Crippen molar-refractivity contribution in [1.82, 2.24) is 10.2 Å². The standard InChI is InChI=1S/C21H23FN2O3/c1-27-19-9-5-3-7-16(19)13-24-14-17(12-20(24)25)21(26)23-11-10-15-6-2-4-8-18(15)22/h2-9,17H,10-14H2,1H3,(H,23,26). The zero-order valence-electron chi connectivity index (χ0n) is 15.3. The van der Waals surface area contributed by atoms with Crippen molar-refractivity contribution in [3.63, 3.8) is 0 Å². The molecule has 0 saturated carbocycles. The molecule has 2 aromatic rings. The molecule has 27 heavy (non-hydrogen) atoms. The number of likely N-dealkylation sites (tertiary alicyclic amines) is 1. The highest BCUT2D eigenvalue weighted by molar-refractivity contribution is 5.89. The molecule has 3 rings (SSSR count). The molecular weight excluding hydrogens is 347 g/mol. The van der Waals surface area contributed by atoms with Crippen molar-refractivity contribution < 1.29 is 18.7 Å². The lowest BCUT2D eigenvalue weighted by Crippen LogP contribution is -2.34. The highest BCUT2D eigenvalue weighted by Crippen LogP contribution is 2.24. The van der Waals surface area contributed by atoms with Gasteiger partial charge >= 0.3 is 0 Å². The summed E-state index contributed by atoms with van der Waals surface area (Å²) in [6, 6.07) is 14.0. The highest BCUT2D eigenvalue weighted by atomic mass is 19.1. The van der Waals surface area contributed by atoms with E-state index < -0.39 is 0 Å². The first kappa shape index (κ1) is 18.9. The smallest absolute Gasteiger partial charge is 0.225 e. The van der Waals surface area contributed by atoms with Crippen LogP contribution in [0.25, 0.3) is 0 Å². The summed E-state index contributed by atoms with van der Waals surface area (Å²) >= 11 is 0. The third kappa shape index (κ3) is 4.64. The van der Waals surface area contributed by atoms with Gasteiger partial charge in [-0.25, -0.2) is 4.39 Å². The molecule has 1 aliphatic heterocycles. The van der Waals surface area contributed by atoms with Gasteiger partial charge in [0.25, 0.3) is 0 Å². The van der Waals surface area contributed by atoms with Crippen molar-refractivity contribution in [3.05, 3.63) is 65.5 Å². The zero-order valence-corrected chi connectivity index (χ0v) is 15.3. The minimum absolute atomic E-state index is 0.0461. The van der Waals surface area contributed by atoms with Gasteiger partial charge in [-0.05, 0) is 24.1 Å². The Hall–Kier alpha value is -2.89. The van der Waals surface area contributed by atoms with E-state index in [1.807, 2.05) is 24.3 Å². The first-order chi connectivity index (χ1) is 13.1. The van der Waals surface area contributed by atoms with Crippen molar-refractivity contribution in [2.45, 2.75) is 19.4 Å².